The van der Waals surface area contributed by atoms with Crippen molar-refractivity contribution in [3.63, 3.8) is 0 Å². The number of benzene rings is 1. The first-order chi connectivity index (χ1) is 10.1. The number of ether oxygens (including phenoxy) is 1. The van der Waals surface area contributed by atoms with Gasteiger partial charge in [0.2, 0.25) is 5.91 Å². The molecule has 1 amide bonds. The van der Waals surface area contributed by atoms with E-state index < -0.39 is 5.72 Å². The zero-order valence-electron chi connectivity index (χ0n) is 11.7. The monoisotopic (exact) mass is 287 g/mol. The molecule has 3 N–H and O–H groups in total. The Kier molecular flexibility index (Phi) is 2.39. The van der Waals surface area contributed by atoms with Gasteiger partial charge in [0.1, 0.15) is 0 Å². The highest BCUT2D eigenvalue weighted by atomic mass is 16.5. The van der Waals surface area contributed by atoms with Gasteiger partial charge in [0.25, 0.3) is 0 Å². The van der Waals surface area contributed by atoms with Gasteiger partial charge in [0.15, 0.2) is 11.6 Å². The van der Waals surface area contributed by atoms with Crippen LogP contribution in [0.3, 0.4) is 0 Å². The number of carbonyl (C=O) groups excluding carboxylic acids is 1. The second kappa shape index (κ2) is 3.98. The molecule has 2 saturated heterocycles. The van der Waals surface area contributed by atoms with Crippen LogP contribution in [-0.2, 0) is 21.7 Å². The van der Waals surface area contributed by atoms with Crippen LogP contribution in [0.5, 0.6) is 0 Å². The van der Waals surface area contributed by atoms with E-state index in [1.807, 2.05) is 30.0 Å². The van der Waals surface area contributed by atoms with E-state index in [4.69, 9.17) is 15.7 Å². The summed E-state index contributed by atoms with van der Waals surface area (Å²) in [6.45, 7) is 2.57. The van der Waals surface area contributed by atoms with Crippen LogP contribution < -0.4 is 5.73 Å². The highest BCUT2D eigenvalue weighted by molar-refractivity contribution is 5.99. The molecule has 0 unspecified atom stereocenters. The number of rotatable bonds is 1. The number of nitrogens with two attached hydrogens (primary N) is 1. The van der Waals surface area contributed by atoms with Gasteiger partial charge in [0.05, 0.1) is 12.6 Å². The molecule has 1 aromatic carbocycles. The standard InChI is InChI=1S/C15H17N3O3/c1-8-7-21-15-9(6-13(19)18(8)15)5-11-10(14(16)17-20)3-2-4-12(11)15/h2-4,8-9,20H,5-7H2,1H3,(H2,16,17)/t8-,9-,15-/m1/s1. The predicted molar refractivity (Wildman–Crippen MR) is 74.7 cm³/mol. The summed E-state index contributed by atoms with van der Waals surface area (Å²) >= 11 is 0. The van der Waals surface area contributed by atoms with Crippen molar-refractivity contribution >= 4 is 11.7 Å². The van der Waals surface area contributed by atoms with E-state index in [0.29, 0.717) is 13.0 Å². The van der Waals surface area contributed by atoms with Gasteiger partial charge in [-0.3, -0.25) is 4.79 Å². The van der Waals surface area contributed by atoms with Gasteiger partial charge >= 0.3 is 0 Å². The molecule has 2 aliphatic heterocycles. The summed E-state index contributed by atoms with van der Waals surface area (Å²) in [5.74, 6) is 0.370. The molecule has 1 spiro atoms. The molecule has 2 fully saturated rings. The van der Waals surface area contributed by atoms with Gasteiger partial charge < -0.3 is 20.6 Å². The van der Waals surface area contributed by atoms with Gasteiger partial charge in [-0.05, 0) is 18.9 Å². The van der Waals surface area contributed by atoms with Crippen molar-refractivity contribution in [3.8, 4) is 0 Å². The zero-order chi connectivity index (χ0) is 14.8. The number of carbonyl (C=O) groups is 1. The van der Waals surface area contributed by atoms with E-state index >= 15 is 0 Å². The van der Waals surface area contributed by atoms with Crippen LogP contribution in [0.25, 0.3) is 0 Å². The molecule has 2 heterocycles. The summed E-state index contributed by atoms with van der Waals surface area (Å²) in [5, 5.41) is 12.1. The molecule has 6 heteroatoms. The van der Waals surface area contributed by atoms with Gasteiger partial charge in [0, 0.05) is 23.5 Å². The molecule has 0 aromatic heterocycles. The molecule has 0 radical (unpaired) electrons. The molecule has 3 atom stereocenters. The Bertz CT molecular complexity index is 672. The lowest BCUT2D eigenvalue weighted by atomic mass is 9.97. The fraction of sp³-hybridized carbons (Fsp3) is 0.467. The SMILES string of the molecule is C[C@@H]1CO[C@@]23c4cccc(/C(N)=N/O)c4C[C@@H]2CC(=O)N13. The number of hydrogen-bond donors (Lipinski definition) is 2. The predicted octanol–water partition coefficient (Wildman–Crippen LogP) is 0.757. The van der Waals surface area contributed by atoms with E-state index in [1.165, 1.54) is 0 Å². The quantitative estimate of drug-likeness (QED) is 0.345. The summed E-state index contributed by atoms with van der Waals surface area (Å²) in [5.41, 5.74) is 7.90. The Morgan fingerprint density at radius 3 is 3.10 bits per heavy atom. The average molecular weight is 287 g/mol. The van der Waals surface area contributed by atoms with E-state index in [2.05, 4.69) is 5.16 Å². The summed E-state index contributed by atoms with van der Waals surface area (Å²) in [7, 11) is 0. The minimum Gasteiger partial charge on any atom is -0.409 e. The average Bonchev–Trinajstić information content (AvgIpc) is 3.06. The second-order valence-electron chi connectivity index (χ2n) is 6.04. The highest BCUT2D eigenvalue weighted by Gasteiger charge is 2.63. The van der Waals surface area contributed by atoms with E-state index in [9.17, 15) is 4.79 Å². The van der Waals surface area contributed by atoms with Crippen molar-refractivity contribution < 1.29 is 14.7 Å². The molecule has 1 aromatic rings. The van der Waals surface area contributed by atoms with Crippen LogP contribution in [-0.4, -0.2) is 34.5 Å². The Labute approximate surface area is 122 Å². The lowest BCUT2D eigenvalue weighted by Gasteiger charge is -2.33. The third kappa shape index (κ3) is 1.35. The minimum atomic E-state index is -0.641. The molecule has 4 rings (SSSR count). The van der Waals surface area contributed by atoms with E-state index in [0.717, 1.165) is 23.1 Å². The second-order valence-corrected chi connectivity index (χ2v) is 6.04. The number of oxime groups is 1. The number of fused-ring (bicyclic) bond motifs is 1. The molecule has 3 aliphatic rings. The van der Waals surface area contributed by atoms with Gasteiger partial charge in [-0.25, -0.2) is 0 Å². The Balaban J connectivity index is 1.93. The summed E-state index contributed by atoms with van der Waals surface area (Å²) in [4.78, 5) is 14.2. The smallest absolute Gasteiger partial charge is 0.225 e. The Morgan fingerprint density at radius 2 is 2.33 bits per heavy atom. The topological polar surface area (TPSA) is 88.1 Å². The van der Waals surface area contributed by atoms with Crippen molar-refractivity contribution in [3.05, 3.63) is 34.9 Å². The van der Waals surface area contributed by atoms with E-state index in [1.54, 1.807) is 0 Å². The van der Waals surface area contributed by atoms with Crippen molar-refractivity contribution in [1.82, 2.24) is 4.90 Å². The first-order valence-corrected chi connectivity index (χ1v) is 7.16. The molecular formula is C15H17N3O3. The van der Waals surface area contributed by atoms with Crippen LogP contribution >= 0.6 is 0 Å². The molecule has 21 heavy (non-hydrogen) atoms. The fourth-order valence-corrected chi connectivity index (χ4v) is 4.23. The van der Waals surface area contributed by atoms with Crippen molar-refractivity contribution in [2.45, 2.75) is 31.5 Å². The maximum Gasteiger partial charge on any atom is 0.225 e. The molecule has 6 nitrogen and oxygen atoms in total. The third-order valence-corrected chi connectivity index (χ3v) is 4.98. The van der Waals surface area contributed by atoms with Crippen LogP contribution in [0, 0.1) is 5.92 Å². The van der Waals surface area contributed by atoms with Crippen LogP contribution in [0.1, 0.15) is 30.0 Å². The maximum absolute atomic E-state index is 12.3. The number of amidine groups is 1. The first-order valence-electron chi connectivity index (χ1n) is 7.16. The minimum absolute atomic E-state index is 0.0842. The van der Waals surface area contributed by atoms with Crippen molar-refractivity contribution in [1.29, 1.82) is 0 Å². The molecule has 110 valence electrons. The Morgan fingerprint density at radius 1 is 1.52 bits per heavy atom. The maximum atomic E-state index is 12.3. The Hall–Kier alpha value is -2.08. The first kappa shape index (κ1) is 12.6. The van der Waals surface area contributed by atoms with Crippen molar-refractivity contribution in [2.75, 3.05) is 6.61 Å². The lowest BCUT2D eigenvalue weighted by Crippen LogP contribution is -2.43. The number of amides is 1. The van der Waals surface area contributed by atoms with E-state index in [-0.39, 0.29) is 23.7 Å². The number of hydrogen-bond acceptors (Lipinski definition) is 4. The molecular weight excluding hydrogens is 270 g/mol. The third-order valence-electron chi connectivity index (χ3n) is 4.98. The van der Waals surface area contributed by atoms with Crippen LogP contribution in [0.2, 0.25) is 0 Å². The molecule has 0 saturated carbocycles. The van der Waals surface area contributed by atoms with Crippen molar-refractivity contribution in [2.24, 2.45) is 16.8 Å². The van der Waals surface area contributed by atoms with Crippen LogP contribution in [0.15, 0.2) is 23.4 Å². The van der Waals surface area contributed by atoms with Gasteiger partial charge in [-0.2, -0.15) is 0 Å². The largest absolute Gasteiger partial charge is 0.409 e. The normalized spacial score (nSPS) is 34.0. The summed E-state index contributed by atoms with van der Waals surface area (Å²) in [6, 6.07) is 5.79. The van der Waals surface area contributed by atoms with Gasteiger partial charge in [-0.15, -0.1) is 0 Å². The highest BCUT2D eigenvalue weighted by Crippen LogP contribution is 2.56. The summed E-state index contributed by atoms with van der Waals surface area (Å²) in [6.07, 6.45) is 1.21. The molecule has 0 bridgehead atoms. The number of nitrogens with zero attached hydrogens (tertiary/aromatic N) is 2. The summed E-state index contributed by atoms with van der Waals surface area (Å²) < 4.78 is 6.13. The van der Waals surface area contributed by atoms with Crippen LogP contribution in [0.4, 0.5) is 0 Å². The van der Waals surface area contributed by atoms with Gasteiger partial charge in [-0.1, -0.05) is 23.4 Å². The lowest BCUT2D eigenvalue weighted by molar-refractivity contribution is -0.141. The zero-order valence-corrected chi connectivity index (χ0v) is 11.7. The molecule has 1 aliphatic carbocycles. The fourth-order valence-electron chi connectivity index (χ4n) is 4.23.